The maximum Gasteiger partial charge on any atom is 0.245 e. The molecule has 0 aliphatic rings. The molecule has 0 N–H and O–H groups in total. The predicted octanol–water partition coefficient (Wildman–Crippen LogP) is 5.36. The normalized spacial score (nSPS) is 11.0. The van der Waals surface area contributed by atoms with Gasteiger partial charge in [-0.1, -0.05) is 42.5 Å². The molecule has 0 atom stereocenters. The van der Waals surface area contributed by atoms with E-state index in [2.05, 4.69) is 42.5 Å². The Bertz CT molecular complexity index is 650. The van der Waals surface area contributed by atoms with Crippen molar-refractivity contribution in [2.75, 3.05) is 6.26 Å². The van der Waals surface area contributed by atoms with Crippen LogP contribution in [-0.4, -0.2) is 11.5 Å². The lowest BCUT2D eigenvalue weighted by Crippen LogP contribution is -1.92. The van der Waals surface area contributed by atoms with Crippen LogP contribution in [0.15, 0.2) is 59.5 Å². The van der Waals surface area contributed by atoms with Crippen LogP contribution in [0.25, 0.3) is 6.08 Å². The Morgan fingerprint density at radius 2 is 1.82 bits per heavy atom. The predicted molar refractivity (Wildman–Crippen MR) is 96.6 cm³/mol. The summed E-state index contributed by atoms with van der Waals surface area (Å²) in [5.74, 6) is 0. The van der Waals surface area contributed by atoms with E-state index < -0.39 is 5.24 Å². The summed E-state index contributed by atoms with van der Waals surface area (Å²) in [6, 6.07) is 16.9. The summed E-state index contributed by atoms with van der Waals surface area (Å²) in [7, 11) is 0. The number of benzene rings is 2. The molecule has 3 heteroatoms. The quantitative estimate of drug-likeness (QED) is 0.386. The minimum atomic E-state index is -0.443. The number of allylic oxidation sites excluding steroid dienone is 1. The summed E-state index contributed by atoms with van der Waals surface area (Å²) in [4.78, 5) is 12.1. The number of hydrogen-bond acceptors (Lipinski definition) is 2. The van der Waals surface area contributed by atoms with Crippen molar-refractivity contribution < 1.29 is 4.79 Å². The number of aryl methyl sites for hydroxylation is 2. The smallest absolute Gasteiger partial charge is 0.245 e. The summed E-state index contributed by atoms with van der Waals surface area (Å²) in [6.07, 6.45) is 8.45. The average molecular weight is 331 g/mol. The van der Waals surface area contributed by atoms with E-state index >= 15 is 0 Å². The van der Waals surface area contributed by atoms with E-state index in [4.69, 9.17) is 11.6 Å². The van der Waals surface area contributed by atoms with Gasteiger partial charge in [-0.3, -0.25) is 4.79 Å². The maximum atomic E-state index is 10.9. The molecule has 22 heavy (non-hydrogen) atoms. The Labute approximate surface area is 141 Å². The first-order valence-corrected chi connectivity index (χ1v) is 8.87. The number of hydrogen-bond donors (Lipinski definition) is 0. The number of rotatable bonds is 7. The lowest BCUT2D eigenvalue weighted by molar-refractivity contribution is -0.107. The number of carbonyl (C=O) groups excluding carboxylic acids is 1. The second-order valence-corrected chi connectivity index (χ2v) is 6.27. The van der Waals surface area contributed by atoms with Crippen LogP contribution in [-0.2, 0) is 17.6 Å². The van der Waals surface area contributed by atoms with Crippen molar-refractivity contribution in [3.8, 4) is 0 Å². The van der Waals surface area contributed by atoms with Crippen molar-refractivity contribution in [2.45, 2.75) is 24.2 Å². The van der Waals surface area contributed by atoms with E-state index in [9.17, 15) is 4.79 Å². The molecule has 114 valence electrons. The van der Waals surface area contributed by atoms with Crippen LogP contribution in [0.1, 0.15) is 23.1 Å². The third kappa shape index (κ3) is 5.36. The number of thioether (sulfide) groups is 1. The highest BCUT2D eigenvalue weighted by atomic mass is 35.5. The zero-order valence-corrected chi connectivity index (χ0v) is 14.2. The molecular weight excluding hydrogens is 312 g/mol. The lowest BCUT2D eigenvalue weighted by atomic mass is 10.0. The fraction of sp³-hybridized carbons (Fsp3) is 0.211. The summed E-state index contributed by atoms with van der Waals surface area (Å²) in [5.41, 5.74) is 3.71. The van der Waals surface area contributed by atoms with Crippen molar-refractivity contribution in [1.29, 1.82) is 0 Å². The highest BCUT2D eigenvalue weighted by Crippen LogP contribution is 2.24. The van der Waals surface area contributed by atoms with Gasteiger partial charge < -0.3 is 0 Å². The molecule has 0 radical (unpaired) electrons. The van der Waals surface area contributed by atoms with Gasteiger partial charge in [-0.2, -0.15) is 0 Å². The molecule has 0 aromatic heterocycles. The maximum absolute atomic E-state index is 10.9. The van der Waals surface area contributed by atoms with Gasteiger partial charge in [-0.05, 0) is 72.0 Å². The van der Waals surface area contributed by atoms with Crippen LogP contribution >= 0.6 is 23.4 Å². The van der Waals surface area contributed by atoms with Gasteiger partial charge in [-0.25, -0.2) is 0 Å². The van der Waals surface area contributed by atoms with Crippen molar-refractivity contribution in [3.63, 3.8) is 0 Å². The lowest BCUT2D eigenvalue weighted by Gasteiger charge is -2.07. The molecule has 1 nitrogen and oxygen atoms in total. The van der Waals surface area contributed by atoms with Gasteiger partial charge in [0.15, 0.2) is 0 Å². The molecule has 0 spiro atoms. The van der Waals surface area contributed by atoms with Crippen LogP contribution in [0.4, 0.5) is 0 Å². The van der Waals surface area contributed by atoms with E-state index in [-0.39, 0.29) is 0 Å². The van der Waals surface area contributed by atoms with Crippen LogP contribution in [0.2, 0.25) is 0 Å². The fourth-order valence-corrected chi connectivity index (χ4v) is 3.00. The molecular formula is C19H19ClOS. The Kier molecular flexibility index (Phi) is 6.75. The van der Waals surface area contributed by atoms with Crippen molar-refractivity contribution >= 4 is 34.7 Å². The Morgan fingerprint density at radius 3 is 2.50 bits per heavy atom. The highest BCUT2D eigenvalue weighted by Gasteiger charge is 2.02. The van der Waals surface area contributed by atoms with Gasteiger partial charge in [-0.15, -0.1) is 11.8 Å². The van der Waals surface area contributed by atoms with E-state index in [0.29, 0.717) is 0 Å². The van der Waals surface area contributed by atoms with E-state index in [1.807, 2.05) is 12.3 Å². The Hall–Kier alpha value is -1.51. The molecule has 0 aliphatic carbocycles. The van der Waals surface area contributed by atoms with Gasteiger partial charge in [0.05, 0.1) is 0 Å². The van der Waals surface area contributed by atoms with Crippen LogP contribution < -0.4 is 0 Å². The SMILES string of the molecule is CSc1ccc(CCCc2ccccc2)cc1C=CC(=O)Cl. The molecule has 0 aliphatic heterocycles. The van der Waals surface area contributed by atoms with Crippen molar-refractivity contribution in [2.24, 2.45) is 0 Å². The highest BCUT2D eigenvalue weighted by molar-refractivity contribution is 7.98. The van der Waals surface area contributed by atoms with Gasteiger partial charge >= 0.3 is 0 Å². The molecule has 2 aromatic carbocycles. The largest absolute Gasteiger partial charge is 0.276 e. The minimum Gasteiger partial charge on any atom is -0.276 e. The number of carbonyl (C=O) groups is 1. The monoisotopic (exact) mass is 330 g/mol. The molecule has 0 bridgehead atoms. The summed E-state index contributed by atoms with van der Waals surface area (Å²) < 4.78 is 0. The standard InChI is InChI=1S/C19H19ClOS/c1-22-18-12-10-16(14-17(18)11-13-19(20)21)9-5-8-15-6-3-2-4-7-15/h2-4,6-7,10-14H,5,8-9H2,1H3. The zero-order chi connectivity index (χ0) is 15.8. The summed E-state index contributed by atoms with van der Waals surface area (Å²) in [5, 5.41) is -0.443. The zero-order valence-electron chi connectivity index (χ0n) is 12.6. The molecule has 0 unspecified atom stereocenters. The summed E-state index contributed by atoms with van der Waals surface area (Å²) in [6.45, 7) is 0. The van der Waals surface area contributed by atoms with Crippen LogP contribution in [0.3, 0.4) is 0 Å². The first-order chi connectivity index (χ1) is 10.7. The van der Waals surface area contributed by atoms with Crippen molar-refractivity contribution in [3.05, 3.63) is 71.3 Å². The van der Waals surface area contributed by atoms with Gasteiger partial charge in [0, 0.05) is 4.90 Å². The fourth-order valence-electron chi connectivity index (χ4n) is 2.37. The first-order valence-electron chi connectivity index (χ1n) is 7.27. The average Bonchev–Trinajstić information content (AvgIpc) is 2.54. The van der Waals surface area contributed by atoms with E-state index in [1.165, 1.54) is 17.2 Å². The van der Waals surface area contributed by atoms with Gasteiger partial charge in [0.2, 0.25) is 5.24 Å². The molecule has 0 saturated carbocycles. The minimum absolute atomic E-state index is 0.443. The Balaban J connectivity index is 2.02. The Morgan fingerprint density at radius 1 is 1.09 bits per heavy atom. The topological polar surface area (TPSA) is 17.1 Å². The van der Waals surface area contributed by atoms with Gasteiger partial charge in [0.25, 0.3) is 0 Å². The van der Waals surface area contributed by atoms with E-state index in [0.717, 1.165) is 29.7 Å². The van der Waals surface area contributed by atoms with Crippen LogP contribution in [0, 0.1) is 0 Å². The van der Waals surface area contributed by atoms with E-state index in [1.54, 1.807) is 17.8 Å². The second kappa shape index (κ2) is 8.82. The molecule has 0 heterocycles. The molecule has 2 aromatic rings. The third-order valence-electron chi connectivity index (χ3n) is 3.46. The molecule has 0 amide bonds. The number of halogens is 1. The summed E-state index contributed by atoms with van der Waals surface area (Å²) >= 11 is 7.05. The third-order valence-corrected chi connectivity index (χ3v) is 4.40. The molecule has 0 fully saturated rings. The van der Waals surface area contributed by atoms with Crippen LogP contribution in [0.5, 0.6) is 0 Å². The molecule has 2 rings (SSSR count). The van der Waals surface area contributed by atoms with Gasteiger partial charge in [0.1, 0.15) is 0 Å². The second-order valence-electron chi connectivity index (χ2n) is 5.05. The molecule has 0 saturated heterocycles. The first kappa shape index (κ1) is 16.9. The van der Waals surface area contributed by atoms with Crippen molar-refractivity contribution in [1.82, 2.24) is 0 Å².